The molecule has 0 heterocycles. The zero-order valence-electron chi connectivity index (χ0n) is 14.8. The second-order valence-electron chi connectivity index (χ2n) is 5.22. The van der Waals surface area contributed by atoms with E-state index < -0.39 is 0 Å². The van der Waals surface area contributed by atoms with Crippen molar-refractivity contribution < 1.29 is 29.2 Å². The van der Waals surface area contributed by atoms with Crippen LogP contribution in [0.25, 0.3) is 0 Å². The van der Waals surface area contributed by atoms with Gasteiger partial charge in [0.15, 0.2) is 0 Å². The minimum absolute atomic E-state index is 0.0339. The van der Waals surface area contributed by atoms with Crippen LogP contribution >= 0.6 is 0 Å². The van der Waals surface area contributed by atoms with Crippen molar-refractivity contribution in [3.63, 3.8) is 0 Å². The standard InChI is InChI=1S/C18H31NO6/c20-8-6-19(18-4-2-1-3-5-18)7-10-22-12-14-24-16-17-25-15-13-23-11-9-21/h1-5,20-21H,6-17H2. The molecular weight excluding hydrogens is 326 g/mol. The summed E-state index contributed by atoms with van der Waals surface area (Å²) in [7, 11) is 0. The van der Waals surface area contributed by atoms with E-state index in [0.717, 1.165) is 12.2 Å². The number of aliphatic hydroxyl groups is 2. The van der Waals surface area contributed by atoms with E-state index >= 15 is 0 Å². The summed E-state index contributed by atoms with van der Waals surface area (Å²) in [6.45, 7) is 5.45. The van der Waals surface area contributed by atoms with Crippen LogP contribution < -0.4 is 4.90 Å². The summed E-state index contributed by atoms with van der Waals surface area (Å²) in [5.74, 6) is 0. The van der Waals surface area contributed by atoms with E-state index in [1.165, 1.54) is 0 Å². The van der Waals surface area contributed by atoms with Crippen molar-refractivity contribution in [1.29, 1.82) is 0 Å². The minimum atomic E-state index is 0.0339. The first-order chi connectivity index (χ1) is 12.4. The van der Waals surface area contributed by atoms with Gasteiger partial charge in [0, 0.05) is 18.8 Å². The van der Waals surface area contributed by atoms with Gasteiger partial charge in [-0.2, -0.15) is 0 Å². The molecule has 0 aliphatic rings. The Morgan fingerprint density at radius 2 is 1.12 bits per heavy atom. The molecule has 0 radical (unpaired) electrons. The topological polar surface area (TPSA) is 80.6 Å². The molecule has 0 amide bonds. The van der Waals surface area contributed by atoms with E-state index in [-0.39, 0.29) is 13.2 Å². The maximum atomic E-state index is 9.17. The first-order valence-corrected chi connectivity index (χ1v) is 8.71. The summed E-state index contributed by atoms with van der Waals surface area (Å²) >= 11 is 0. The Balaban J connectivity index is 1.93. The Bertz CT molecular complexity index is 392. The maximum absolute atomic E-state index is 9.17. The zero-order valence-corrected chi connectivity index (χ0v) is 14.8. The smallest absolute Gasteiger partial charge is 0.0701 e. The monoisotopic (exact) mass is 357 g/mol. The van der Waals surface area contributed by atoms with Crippen molar-refractivity contribution in [3.05, 3.63) is 30.3 Å². The summed E-state index contributed by atoms with van der Waals surface area (Å²) in [6.07, 6.45) is 0. The lowest BCUT2D eigenvalue weighted by atomic mass is 10.3. The molecule has 2 N–H and O–H groups in total. The number of aliphatic hydroxyl groups excluding tert-OH is 2. The third-order valence-corrected chi connectivity index (χ3v) is 3.35. The number of rotatable bonds is 17. The van der Waals surface area contributed by atoms with Crippen molar-refractivity contribution in [2.24, 2.45) is 0 Å². The van der Waals surface area contributed by atoms with Crippen LogP contribution in [-0.4, -0.2) is 89.4 Å². The fourth-order valence-corrected chi connectivity index (χ4v) is 2.13. The predicted molar refractivity (Wildman–Crippen MR) is 96.1 cm³/mol. The van der Waals surface area contributed by atoms with E-state index in [9.17, 15) is 0 Å². The van der Waals surface area contributed by atoms with E-state index in [0.29, 0.717) is 59.4 Å². The lowest BCUT2D eigenvalue weighted by molar-refractivity contribution is -0.00491. The van der Waals surface area contributed by atoms with Crippen molar-refractivity contribution >= 4 is 5.69 Å². The van der Waals surface area contributed by atoms with Crippen LogP contribution in [-0.2, 0) is 18.9 Å². The molecular formula is C18H31NO6. The van der Waals surface area contributed by atoms with Gasteiger partial charge in [-0.15, -0.1) is 0 Å². The summed E-state index contributed by atoms with van der Waals surface area (Å²) in [5.41, 5.74) is 1.08. The number of ether oxygens (including phenoxy) is 4. The molecule has 0 atom stereocenters. The first-order valence-electron chi connectivity index (χ1n) is 8.71. The van der Waals surface area contributed by atoms with Gasteiger partial charge in [-0.05, 0) is 12.1 Å². The molecule has 1 aromatic rings. The fourth-order valence-electron chi connectivity index (χ4n) is 2.13. The number of nitrogens with zero attached hydrogens (tertiary/aromatic N) is 1. The van der Waals surface area contributed by atoms with Gasteiger partial charge in [0.25, 0.3) is 0 Å². The Hall–Kier alpha value is -1.22. The molecule has 0 saturated carbocycles. The van der Waals surface area contributed by atoms with E-state index in [2.05, 4.69) is 4.90 Å². The van der Waals surface area contributed by atoms with Crippen molar-refractivity contribution in [2.45, 2.75) is 0 Å². The molecule has 0 fully saturated rings. The lowest BCUT2D eigenvalue weighted by Crippen LogP contribution is -2.30. The van der Waals surface area contributed by atoms with E-state index in [4.69, 9.17) is 29.2 Å². The highest BCUT2D eigenvalue weighted by Gasteiger charge is 2.04. The highest BCUT2D eigenvalue weighted by atomic mass is 16.6. The second kappa shape index (κ2) is 16.3. The van der Waals surface area contributed by atoms with Gasteiger partial charge in [-0.3, -0.25) is 0 Å². The zero-order chi connectivity index (χ0) is 18.0. The predicted octanol–water partition coefficient (Wildman–Crippen LogP) is 0.544. The molecule has 7 nitrogen and oxygen atoms in total. The van der Waals surface area contributed by atoms with E-state index in [1.807, 2.05) is 30.3 Å². The maximum Gasteiger partial charge on any atom is 0.0701 e. The summed E-state index contributed by atoms with van der Waals surface area (Å²) < 4.78 is 21.4. The molecule has 1 aromatic carbocycles. The van der Waals surface area contributed by atoms with Gasteiger partial charge in [0.2, 0.25) is 0 Å². The molecule has 0 saturated heterocycles. The van der Waals surface area contributed by atoms with Gasteiger partial charge in [0.05, 0.1) is 66.1 Å². The normalized spacial score (nSPS) is 11.0. The summed E-state index contributed by atoms with van der Waals surface area (Å²) in [5, 5.41) is 17.7. The van der Waals surface area contributed by atoms with Crippen LogP contribution in [0.4, 0.5) is 5.69 Å². The molecule has 0 unspecified atom stereocenters. The van der Waals surface area contributed by atoms with Crippen LogP contribution in [0.5, 0.6) is 0 Å². The first kappa shape index (κ1) is 21.8. The number of para-hydroxylation sites is 1. The number of anilines is 1. The largest absolute Gasteiger partial charge is 0.395 e. The molecule has 0 aliphatic carbocycles. The third kappa shape index (κ3) is 11.9. The number of hydrogen-bond acceptors (Lipinski definition) is 7. The Labute approximate surface area is 150 Å². The quantitative estimate of drug-likeness (QED) is 0.394. The third-order valence-electron chi connectivity index (χ3n) is 3.35. The van der Waals surface area contributed by atoms with Gasteiger partial charge >= 0.3 is 0 Å². The Kier molecular flexibility index (Phi) is 14.2. The van der Waals surface area contributed by atoms with Gasteiger partial charge < -0.3 is 34.1 Å². The SMILES string of the molecule is OCCOCCOCCOCCOCCN(CCO)c1ccccc1. The molecule has 0 spiro atoms. The van der Waals surface area contributed by atoms with E-state index in [1.54, 1.807) is 0 Å². The van der Waals surface area contributed by atoms with Crippen LogP contribution in [0.2, 0.25) is 0 Å². The van der Waals surface area contributed by atoms with Crippen LogP contribution in [0.3, 0.4) is 0 Å². The molecule has 25 heavy (non-hydrogen) atoms. The number of benzene rings is 1. The molecule has 0 bridgehead atoms. The molecule has 0 aromatic heterocycles. The minimum Gasteiger partial charge on any atom is -0.395 e. The highest BCUT2D eigenvalue weighted by molar-refractivity contribution is 5.45. The summed E-state index contributed by atoms with van der Waals surface area (Å²) in [4.78, 5) is 2.09. The van der Waals surface area contributed by atoms with Crippen molar-refractivity contribution in [2.75, 3.05) is 84.1 Å². The van der Waals surface area contributed by atoms with Crippen molar-refractivity contribution in [3.8, 4) is 0 Å². The van der Waals surface area contributed by atoms with Gasteiger partial charge in [-0.1, -0.05) is 18.2 Å². The average Bonchev–Trinajstić information content (AvgIpc) is 2.65. The second-order valence-corrected chi connectivity index (χ2v) is 5.22. The molecule has 0 aliphatic heterocycles. The number of hydrogen-bond donors (Lipinski definition) is 2. The Morgan fingerprint density at radius 1 is 0.600 bits per heavy atom. The lowest BCUT2D eigenvalue weighted by Gasteiger charge is -2.23. The molecule has 1 rings (SSSR count). The molecule has 7 heteroatoms. The summed E-state index contributed by atoms with van der Waals surface area (Å²) in [6, 6.07) is 9.98. The van der Waals surface area contributed by atoms with Gasteiger partial charge in [-0.25, -0.2) is 0 Å². The van der Waals surface area contributed by atoms with Gasteiger partial charge in [0.1, 0.15) is 0 Å². The van der Waals surface area contributed by atoms with Crippen molar-refractivity contribution in [1.82, 2.24) is 0 Å². The fraction of sp³-hybridized carbons (Fsp3) is 0.667. The Morgan fingerprint density at radius 3 is 1.64 bits per heavy atom. The van der Waals surface area contributed by atoms with Crippen LogP contribution in [0, 0.1) is 0 Å². The molecule has 144 valence electrons. The average molecular weight is 357 g/mol. The van der Waals surface area contributed by atoms with Crippen LogP contribution in [0.1, 0.15) is 0 Å². The highest BCUT2D eigenvalue weighted by Crippen LogP contribution is 2.12. The van der Waals surface area contributed by atoms with Crippen LogP contribution in [0.15, 0.2) is 30.3 Å².